The molecule has 0 bridgehead atoms. The number of unbranched alkanes of at least 4 members (excludes halogenated alkanes) is 3. The Balaban J connectivity index is 2.38. The molecule has 1 aromatic carbocycles. The molecule has 0 saturated carbocycles. The van der Waals surface area contributed by atoms with Crippen LogP contribution in [0.4, 0.5) is 0 Å². The normalized spacial score (nSPS) is 14.3. The summed E-state index contributed by atoms with van der Waals surface area (Å²) in [6.07, 6.45) is 5.10. The summed E-state index contributed by atoms with van der Waals surface area (Å²) in [7, 11) is -4.63. The number of hydrogen-bond acceptors (Lipinski definition) is 3. The van der Waals surface area contributed by atoms with Gasteiger partial charge in [-0.15, -0.1) is 0 Å². The van der Waals surface area contributed by atoms with E-state index in [-0.39, 0.29) is 11.5 Å². The average molecular weight is 286 g/mol. The summed E-state index contributed by atoms with van der Waals surface area (Å²) in [6.45, 7) is 4.41. The van der Waals surface area contributed by atoms with Crippen molar-refractivity contribution in [3.8, 4) is 0 Å². The molecule has 0 unspecified atom stereocenters. The SMILES string of the molecule is CC(C)CCCCCCP(O)(O)(O)c1ccccc1. The van der Waals surface area contributed by atoms with Crippen molar-refractivity contribution in [2.45, 2.75) is 46.0 Å². The average Bonchev–Trinajstić information content (AvgIpc) is 2.34. The van der Waals surface area contributed by atoms with Crippen LogP contribution in [0.1, 0.15) is 46.0 Å². The zero-order valence-corrected chi connectivity index (χ0v) is 12.9. The Morgan fingerprint density at radius 1 is 0.895 bits per heavy atom. The minimum atomic E-state index is -4.63. The van der Waals surface area contributed by atoms with Crippen molar-refractivity contribution in [3.63, 3.8) is 0 Å². The van der Waals surface area contributed by atoms with Crippen molar-refractivity contribution >= 4 is 12.6 Å². The van der Waals surface area contributed by atoms with Gasteiger partial charge in [0.2, 0.25) is 0 Å². The Hall–Kier alpha value is -0.470. The number of benzene rings is 1. The van der Waals surface area contributed by atoms with Gasteiger partial charge < -0.3 is 0 Å². The quantitative estimate of drug-likeness (QED) is 0.508. The first-order valence-corrected chi connectivity index (χ1v) is 9.39. The Morgan fingerprint density at radius 3 is 2.05 bits per heavy atom. The molecule has 0 amide bonds. The van der Waals surface area contributed by atoms with Gasteiger partial charge in [-0.1, -0.05) is 0 Å². The van der Waals surface area contributed by atoms with Gasteiger partial charge in [-0.25, -0.2) is 0 Å². The van der Waals surface area contributed by atoms with E-state index in [0.717, 1.165) is 18.8 Å². The van der Waals surface area contributed by atoms with Crippen LogP contribution in [0, 0.1) is 5.92 Å². The monoisotopic (exact) mass is 286 g/mol. The van der Waals surface area contributed by atoms with Crippen LogP contribution in [0.25, 0.3) is 0 Å². The maximum absolute atomic E-state index is 10.1. The van der Waals surface area contributed by atoms with Gasteiger partial charge in [0.15, 0.2) is 0 Å². The van der Waals surface area contributed by atoms with Gasteiger partial charge in [0, 0.05) is 0 Å². The molecule has 0 aliphatic rings. The van der Waals surface area contributed by atoms with Crippen molar-refractivity contribution in [2.24, 2.45) is 5.92 Å². The predicted octanol–water partition coefficient (Wildman–Crippen LogP) is 3.19. The second kappa shape index (κ2) is 6.81. The molecule has 0 aliphatic carbocycles. The van der Waals surface area contributed by atoms with Crippen LogP contribution < -0.4 is 5.30 Å². The van der Waals surface area contributed by atoms with Crippen LogP contribution in [0.3, 0.4) is 0 Å². The minimum absolute atomic E-state index is 0.0668. The molecule has 19 heavy (non-hydrogen) atoms. The van der Waals surface area contributed by atoms with E-state index < -0.39 is 7.28 Å². The molecule has 3 nitrogen and oxygen atoms in total. The van der Waals surface area contributed by atoms with Crippen LogP contribution in [-0.2, 0) is 0 Å². The molecule has 3 N–H and O–H groups in total. The van der Waals surface area contributed by atoms with Crippen molar-refractivity contribution in [1.82, 2.24) is 0 Å². The van der Waals surface area contributed by atoms with Gasteiger partial charge in [0.05, 0.1) is 0 Å². The summed E-state index contributed by atoms with van der Waals surface area (Å²) in [5.41, 5.74) is 0. The first-order valence-electron chi connectivity index (χ1n) is 7.11. The topological polar surface area (TPSA) is 60.7 Å². The van der Waals surface area contributed by atoms with E-state index in [2.05, 4.69) is 13.8 Å². The van der Waals surface area contributed by atoms with Gasteiger partial charge in [0.1, 0.15) is 0 Å². The molecule has 0 atom stereocenters. The van der Waals surface area contributed by atoms with Crippen molar-refractivity contribution in [1.29, 1.82) is 0 Å². The van der Waals surface area contributed by atoms with Crippen LogP contribution in [0.2, 0.25) is 0 Å². The molecule has 0 heterocycles. The zero-order valence-electron chi connectivity index (χ0n) is 12.0. The molecule has 4 heteroatoms. The molecular weight excluding hydrogens is 259 g/mol. The fraction of sp³-hybridized carbons (Fsp3) is 0.600. The second-order valence-electron chi connectivity index (χ2n) is 5.81. The number of hydrogen-bond donors (Lipinski definition) is 3. The molecule has 1 aromatic rings. The summed E-state index contributed by atoms with van der Waals surface area (Å²) >= 11 is 0. The zero-order chi connectivity index (χ0) is 14.4. The van der Waals surface area contributed by atoms with Crippen LogP contribution >= 0.6 is 7.28 Å². The summed E-state index contributed by atoms with van der Waals surface area (Å²) in [5.74, 6) is 0.720. The summed E-state index contributed by atoms with van der Waals surface area (Å²) < 4.78 is 0. The Bertz CT molecular complexity index is 368. The summed E-state index contributed by atoms with van der Waals surface area (Å²) in [5, 5.41) is 0.260. The fourth-order valence-corrected chi connectivity index (χ4v) is 4.02. The fourth-order valence-electron chi connectivity index (χ4n) is 2.17. The van der Waals surface area contributed by atoms with Crippen LogP contribution in [0.5, 0.6) is 0 Å². The van der Waals surface area contributed by atoms with Crippen LogP contribution in [0.15, 0.2) is 30.3 Å². The van der Waals surface area contributed by atoms with E-state index in [1.54, 1.807) is 30.3 Å². The van der Waals surface area contributed by atoms with Crippen molar-refractivity contribution in [3.05, 3.63) is 30.3 Å². The molecule has 0 aliphatic heterocycles. The molecule has 110 valence electrons. The van der Waals surface area contributed by atoms with E-state index in [9.17, 15) is 14.7 Å². The number of rotatable bonds is 8. The first kappa shape index (κ1) is 16.6. The van der Waals surface area contributed by atoms with E-state index in [0.29, 0.717) is 6.42 Å². The molecular formula is C15H27O3P. The third-order valence-corrected chi connectivity index (χ3v) is 5.88. The molecule has 0 aromatic heterocycles. The van der Waals surface area contributed by atoms with Crippen molar-refractivity contribution in [2.75, 3.05) is 6.16 Å². The first-order chi connectivity index (χ1) is 8.80. The third kappa shape index (κ3) is 6.01. The van der Waals surface area contributed by atoms with E-state index in [1.165, 1.54) is 12.8 Å². The molecule has 0 fully saturated rings. The van der Waals surface area contributed by atoms with Gasteiger partial charge in [0.25, 0.3) is 0 Å². The predicted molar refractivity (Wildman–Crippen MR) is 82.4 cm³/mol. The van der Waals surface area contributed by atoms with E-state index in [4.69, 9.17) is 0 Å². The standard InChI is InChI=1S/C15H27O3P/c1-14(2)10-6-3-4-9-13-19(16,17,18)15-11-7-5-8-12-15/h5,7-8,11-12,14,16-18H,3-4,6,9-10,13H2,1-2H3. The van der Waals surface area contributed by atoms with Gasteiger partial charge >= 0.3 is 116 Å². The summed E-state index contributed by atoms with van der Waals surface area (Å²) in [4.78, 5) is 30.4. The third-order valence-electron chi connectivity index (χ3n) is 3.39. The second-order valence-corrected chi connectivity index (χ2v) is 9.07. The maximum atomic E-state index is 10.1. The molecule has 0 spiro atoms. The molecule has 1 rings (SSSR count). The van der Waals surface area contributed by atoms with Gasteiger partial charge in [-0.2, -0.15) is 0 Å². The van der Waals surface area contributed by atoms with Gasteiger partial charge in [-0.05, 0) is 0 Å². The summed E-state index contributed by atoms with van der Waals surface area (Å²) in [6, 6.07) is 8.37. The van der Waals surface area contributed by atoms with E-state index >= 15 is 0 Å². The Labute approximate surface area is 116 Å². The van der Waals surface area contributed by atoms with E-state index in [1.807, 2.05) is 0 Å². The van der Waals surface area contributed by atoms with Crippen LogP contribution in [-0.4, -0.2) is 20.8 Å². The molecule has 0 saturated heterocycles. The Kier molecular flexibility index (Phi) is 5.94. The van der Waals surface area contributed by atoms with Gasteiger partial charge in [-0.3, -0.25) is 0 Å². The molecule has 0 radical (unpaired) electrons. The van der Waals surface area contributed by atoms with Crippen molar-refractivity contribution < 1.29 is 14.7 Å². The Morgan fingerprint density at radius 2 is 1.47 bits per heavy atom.